The quantitative estimate of drug-likeness (QED) is 0.778. The van der Waals surface area contributed by atoms with Gasteiger partial charge in [-0.3, -0.25) is 4.79 Å². The van der Waals surface area contributed by atoms with Gasteiger partial charge in [-0.15, -0.1) is 0 Å². The lowest BCUT2D eigenvalue weighted by molar-refractivity contribution is -0.116. The average molecular weight is 275 g/mol. The molecule has 108 valence electrons. The highest BCUT2D eigenvalue weighted by molar-refractivity contribution is 5.92. The molecule has 4 nitrogen and oxygen atoms in total. The maximum atomic E-state index is 11.6. The van der Waals surface area contributed by atoms with Crippen molar-refractivity contribution in [2.24, 2.45) is 0 Å². The first kappa shape index (κ1) is 14.4. The van der Waals surface area contributed by atoms with Crippen LogP contribution in [0.15, 0.2) is 24.3 Å². The van der Waals surface area contributed by atoms with Gasteiger partial charge in [0.25, 0.3) is 0 Å². The van der Waals surface area contributed by atoms with Crippen molar-refractivity contribution in [3.63, 3.8) is 0 Å². The Kier molecular flexibility index (Phi) is 5.04. The van der Waals surface area contributed by atoms with Crippen LogP contribution in [0.5, 0.6) is 11.5 Å². The zero-order valence-corrected chi connectivity index (χ0v) is 12.0. The number of ether oxygens (including phenoxy) is 2. The molecule has 0 spiro atoms. The lowest BCUT2D eigenvalue weighted by atomic mass is 10.2. The summed E-state index contributed by atoms with van der Waals surface area (Å²) >= 11 is 0. The van der Waals surface area contributed by atoms with Gasteiger partial charge in [0.05, 0.1) is 13.7 Å². The van der Waals surface area contributed by atoms with Crippen LogP contribution in [0.4, 0.5) is 0 Å². The number of rotatable bonds is 7. The maximum absolute atomic E-state index is 11.6. The molecule has 1 fully saturated rings. The Morgan fingerprint density at radius 2 is 2.20 bits per heavy atom. The molecule has 1 aliphatic rings. The molecule has 0 radical (unpaired) electrons. The maximum Gasteiger partial charge on any atom is 0.244 e. The zero-order valence-electron chi connectivity index (χ0n) is 12.0. The third kappa shape index (κ3) is 4.30. The molecule has 1 amide bonds. The van der Waals surface area contributed by atoms with Gasteiger partial charge in [0.2, 0.25) is 5.91 Å². The molecule has 2 rings (SSSR count). The van der Waals surface area contributed by atoms with Gasteiger partial charge in [-0.25, -0.2) is 0 Å². The Morgan fingerprint density at radius 1 is 1.40 bits per heavy atom. The van der Waals surface area contributed by atoms with Gasteiger partial charge in [0, 0.05) is 12.1 Å². The summed E-state index contributed by atoms with van der Waals surface area (Å²) in [6, 6.07) is 6.03. The summed E-state index contributed by atoms with van der Waals surface area (Å²) in [6.45, 7) is 2.72. The first-order valence-electron chi connectivity index (χ1n) is 7.02. The molecule has 0 unspecified atom stereocenters. The Morgan fingerprint density at radius 3 is 2.85 bits per heavy atom. The second kappa shape index (κ2) is 6.98. The molecule has 1 saturated carbocycles. The summed E-state index contributed by atoms with van der Waals surface area (Å²) in [4.78, 5) is 11.6. The minimum Gasteiger partial charge on any atom is -0.493 e. The summed E-state index contributed by atoms with van der Waals surface area (Å²) < 4.78 is 10.9. The first-order chi connectivity index (χ1) is 9.72. The number of nitrogens with one attached hydrogen (secondary N) is 1. The number of hydrogen-bond donors (Lipinski definition) is 1. The topological polar surface area (TPSA) is 47.6 Å². The Hall–Kier alpha value is -1.97. The Bertz CT molecular complexity index is 492. The molecular formula is C16H21NO3. The molecule has 20 heavy (non-hydrogen) atoms. The molecule has 1 aliphatic carbocycles. The van der Waals surface area contributed by atoms with E-state index in [1.165, 1.54) is 0 Å². The van der Waals surface area contributed by atoms with Crippen molar-refractivity contribution in [2.75, 3.05) is 13.7 Å². The summed E-state index contributed by atoms with van der Waals surface area (Å²) in [5, 5.41) is 2.91. The zero-order chi connectivity index (χ0) is 14.4. The normalized spacial score (nSPS) is 14.3. The van der Waals surface area contributed by atoms with Crippen molar-refractivity contribution in [3.8, 4) is 11.5 Å². The van der Waals surface area contributed by atoms with Crippen LogP contribution in [0, 0.1) is 0 Å². The number of amides is 1. The second-order valence-electron chi connectivity index (χ2n) is 4.87. The minimum atomic E-state index is -0.0437. The van der Waals surface area contributed by atoms with E-state index in [0.717, 1.165) is 30.6 Å². The predicted octanol–water partition coefficient (Wildman–Crippen LogP) is 2.78. The lowest BCUT2D eigenvalue weighted by Gasteiger charge is -2.10. The molecule has 0 aliphatic heterocycles. The highest BCUT2D eigenvalue weighted by Gasteiger charge is 2.21. The Labute approximate surface area is 119 Å². The number of hydrogen-bond acceptors (Lipinski definition) is 3. The van der Waals surface area contributed by atoms with Crippen molar-refractivity contribution in [3.05, 3.63) is 29.8 Å². The van der Waals surface area contributed by atoms with Crippen LogP contribution < -0.4 is 14.8 Å². The van der Waals surface area contributed by atoms with Crippen LogP contribution in [-0.4, -0.2) is 25.7 Å². The second-order valence-corrected chi connectivity index (χ2v) is 4.87. The van der Waals surface area contributed by atoms with E-state index in [-0.39, 0.29) is 5.91 Å². The largest absolute Gasteiger partial charge is 0.493 e. The van der Waals surface area contributed by atoms with E-state index in [9.17, 15) is 4.79 Å². The minimum absolute atomic E-state index is 0.0437. The summed E-state index contributed by atoms with van der Waals surface area (Å²) in [5.74, 6) is 1.37. The van der Waals surface area contributed by atoms with Gasteiger partial charge in [0.15, 0.2) is 11.5 Å². The molecule has 0 aromatic heterocycles. The van der Waals surface area contributed by atoms with Crippen molar-refractivity contribution >= 4 is 12.0 Å². The SMILES string of the molecule is CCCOc1ccc(/C=C/C(=O)NC2CC2)cc1OC. The van der Waals surface area contributed by atoms with Crippen molar-refractivity contribution < 1.29 is 14.3 Å². The molecule has 4 heteroatoms. The Balaban J connectivity index is 2.00. The van der Waals surface area contributed by atoms with E-state index in [4.69, 9.17) is 9.47 Å². The van der Waals surface area contributed by atoms with E-state index in [1.807, 2.05) is 18.2 Å². The first-order valence-corrected chi connectivity index (χ1v) is 7.02. The molecular weight excluding hydrogens is 254 g/mol. The summed E-state index contributed by atoms with van der Waals surface area (Å²) in [5.41, 5.74) is 0.914. The predicted molar refractivity (Wildman–Crippen MR) is 79.0 cm³/mol. The van der Waals surface area contributed by atoms with Crippen molar-refractivity contribution in [2.45, 2.75) is 32.2 Å². The monoisotopic (exact) mass is 275 g/mol. The number of carbonyl (C=O) groups excluding carboxylic acids is 1. The molecule has 0 atom stereocenters. The third-order valence-electron chi connectivity index (χ3n) is 3.00. The van der Waals surface area contributed by atoms with Crippen LogP contribution in [0.2, 0.25) is 0 Å². The summed E-state index contributed by atoms with van der Waals surface area (Å²) in [7, 11) is 1.61. The molecule has 0 bridgehead atoms. The summed E-state index contributed by atoms with van der Waals surface area (Å²) in [6.07, 6.45) is 6.48. The smallest absolute Gasteiger partial charge is 0.244 e. The third-order valence-corrected chi connectivity index (χ3v) is 3.00. The fourth-order valence-corrected chi connectivity index (χ4v) is 1.77. The number of carbonyl (C=O) groups is 1. The van der Waals surface area contributed by atoms with Crippen molar-refractivity contribution in [1.82, 2.24) is 5.32 Å². The van der Waals surface area contributed by atoms with Crippen LogP contribution in [0.25, 0.3) is 6.08 Å². The van der Waals surface area contributed by atoms with E-state index in [2.05, 4.69) is 12.2 Å². The fraction of sp³-hybridized carbons (Fsp3) is 0.438. The van der Waals surface area contributed by atoms with E-state index < -0.39 is 0 Å². The average Bonchev–Trinajstić information content (AvgIpc) is 3.27. The van der Waals surface area contributed by atoms with Gasteiger partial charge in [-0.1, -0.05) is 13.0 Å². The van der Waals surface area contributed by atoms with Crippen LogP contribution in [0.3, 0.4) is 0 Å². The van der Waals surface area contributed by atoms with E-state index >= 15 is 0 Å². The molecule has 1 aromatic rings. The van der Waals surface area contributed by atoms with E-state index in [1.54, 1.807) is 19.3 Å². The lowest BCUT2D eigenvalue weighted by Crippen LogP contribution is -2.22. The van der Waals surface area contributed by atoms with Gasteiger partial charge >= 0.3 is 0 Å². The number of benzene rings is 1. The fourth-order valence-electron chi connectivity index (χ4n) is 1.77. The highest BCUT2D eigenvalue weighted by Crippen LogP contribution is 2.28. The number of methoxy groups -OCH3 is 1. The van der Waals surface area contributed by atoms with Gasteiger partial charge < -0.3 is 14.8 Å². The van der Waals surface area contributed by atoms with Crippen LogP contribution >= 0.6 is 0 Å². The highest BCUT2D eigenvalue weighted by atomic mass is 16.5. The van der Waals surface area contributed by atoms with Gasteiger partial charge in [-0.2, -0.15) is 0 Å². The standard InChI is InChI=1S/C16H21NO3/c1-3-10-20-14-8-4-12(11-15(14)19-2)5-9-16(18)17-13-6-7-13/h4-5,8-9,11,13H,3,6-7,10H2,1-2H3,(H,17,18)/b9-5+. The van der Waals surface area contributed by atoms with Gasteiger partial charge in [-0.05, 0) is 43.0 Å². The van der Waals surface area contributed by atoms with Crippen LogP contribution in [0.1, 0.15) is 31.7 Å². The molecule has 1 N–H and O–H groups in total. The molecule has 0 heterocycles. The van der Waals surface area contributed by atoms with E-state index in [0.29, 0.717) is 18.4 Å². The van der Waals surface area contributed by atoms with Gasteiger partial charge in [0.1, 0.15) is 0 Å². The van der Waals surface area contributed by atoms with Crippen LogP contribution in [-0.2, 0) is 4.79 Å². The molecule has 1 aromatic carbocycles. The van der Waals surface area contributed by atoms with Crippen molar-refractivity contribution in [1.29, 1.82) is 0 Å². The molecule has 0 saturated heterocycles.